The minimum absolute atomic E-state index is 0.778. The molecule has 0 aromatic heterocycles. The summed E-state index contributed by atoms with van der Waals surface area (Å²) in [5.41, 5.74) is 12.9. The quantitative estimate of drug-likeness (QED) is 0.610. The number of nitrogens with zero attached hydrogens (tertiary/aromatic N) is 1. The zero-order valence-electron chi connectivity index (χ0n) is 13.4. The molecule has 3 nitrogen and oxygen atoms in total. The van der Waals surface area contributed by atoms with Crippen LogP contribution in [0.2, 0.25) is 0 Å². The van der Waals surface area contributed by atoms with Crippen LogP contribution in [0.25, 0.3) is 0 Å². The van der Waals surface area contributed by atoms with E-state index in [1.54, 1.807) is 11.8 Å². The summed E-state index contributed by atoms with van der Waals surface area (Å²) in [5, 5.41) is 0. The fourth-order valence-corrected chi connectivity index (χ4v) is 3.84. The highest BCUT2D eigenvalue weighted by molar-refractivity contribution is 8.12. The van der Waals surface area contributed by atoms with Crippen LogP contribution in [0.15, 0.2) is 27.5 Å². The lowest BCUT2D eigenvalue weighted by molar-refractivity contribution is 0.0728. The Labute approximate surface area is 133 Å². The topological polar surface area (TPSA) is 47.6 Å². The van der Waals surface area contributed by atoms with Crippen molar-refractivity contribution < 1.29 is 4.74 Å². The maximum atomic E-state index is 6.29. The van der Waals surface area contributed by atoms with Gasteiger partial charge in [-0.25, -0.2) is 0 Å². The van der Waals surface area contributed by atoms with Crippen LogP contribution in [0.1, 0.15) is 52.4 Å². The van der Waals surface area contributed by atoms with Crippen LogP contribution < -0.4 is 5.73 Å². The number of ether oxygens (including phenoxy) is 1. The van der Waals surface area contributed by atoms with Gasteiger partial charge in [-0.15, -0.1) is 11.8 Å². The monoisotopic (exact) mass is 308 g/mol. The van der Waals surface area contributed by atoms with Gasteiger partial charge in [0.15, 0.2) is 0 Å². The highest BCUT2D eigenvalue weighted by atomic mass is 32.2. The van der Waals surface area contributed by atoms with Gasteiger partial charge in [-0.3, -0.25) is 4.99 Å². The summed E-state index contributed by atoms with van der Waals surface area (Å²) in [6.45, 7) is 6.07. The molecule has 0 aromatic rings. The molecule has 118 valence electrons. The molecule has 1 saturated heterocycles. The van der Waals surface area contributed by atoms with Crippen LogP contribution in [0.4, 0.5) is 0 Å². The van der Waals surface area contributed by atoms with E-state index in [1.807, 2.05) is 12.5 Å². The average Bonchev–Trinajstić information content (AvgIpc) is 2.52. The van der Waals surface area contributed by atoms with Gasteiger partial charge < -0.3 is 10.5 Å². The molecule has 2 rings (SSSR count). The van der Waals surface area contributed by atoms with Crippen molar-refractivity contribution in [1.82, 2.24) is 0 Å². The first-order valence-electron chi connectivity index (χ1n) is 8.05. The number of nitrogens with two attached hydrogens (primary N) is 1. The van der Waals surface area contributed by atoms with Crippen molar-refractivity contribution in [3.63, 3.8) is 0 Å². The lowest BCUT2D eigenvalue weighted by Gasteiger charge is -2.20. The molecule has 1 aliphatic heterocycles. The first-order valence-corrected chi connectivity index (χ1v) is 9.10. The van der Waals surface area contributed by atoms with Gasteiger partial charge in [-0.2, -0.15) is 0 Å². The maximum Gasteiger partial charge on any atom is 0.0610 e. The third-order valence-corrected chi connectivity index (χ3v) is 5.37. The largest absolute Gasteiger partial charge is 0.397 e. The number of aliphatic imine (C=N–C) groups is 1. The molecule has 1 aliphatic carbocycles. The van der Waals surface area contributed by atoms with Crippen molar-refractivity contribution in [1.29, 1.82) is 0 Å². The standard InChI is InChI=1S/C17H28N2OS/c1-13-5-3-4-6-16(13)17(18)14(2)19-12-21-11-15-7-9-20-10-8-15/h12,15H,3-11,18H2,1-2H3/b17-14+,19-12+. The minimum Gasteiger partial charge on any atom is -0.397 e. The summed E-state index contributed by atoms with van der Waals surface area (Å²) in [4.78, 5) is 4.55. The summed E-state index contributed by atoms with van der Waals surface area (Å²) in [5.74, 6) is 1.92. The second kappa shape index (κ2) is 8.64. The van der Waals surface area contributed by atoms with Gasteiger partial charge in [0.1, 0.15) is 0 Å². The Morgan fingerprint density at radius 2 is 2.05 bits per heavy atom. The first kappa shape index (κ1) is 16.6. The summed E-state index contributed by atoms with van der Waals surface area (Å²) >= 11 is 1.80. The fraction of sp³-hybridized carbons (Fsp3) is 0.706. The van der Waals surface area contributed by atoms with E-state index in [9.17, 15) is 0 Å². The van der Waals surface area contributed by atoms with E-state index in [4.69, 9.17) is 10.5 Å². The molecular weight excluding hydrogens is 280 g/mol. The molecule has 0 aromatic carbocycles. The normalized spacial score (nSPS) is 22.8. The SMILES string of the molecule is CC1=C(/C(N)=C(C)\N=C\SCC2CCOCC2)CCCC1. The molecule has 4 heteroatoms. The van der Waals surface area contributed by atoms with Crippen molar-refractivity contribution in [2.75, 3.05) is 19.0 Å². The Morgan fingerprint density at radius 1 is 1.33 bits per heavy atom. The van der Waals surface area contributed by atoms with Crippen molar-refractivity contribution >= 4 is 17.3 Å². The van der Waals surface area contributed by atoms with E-state index in [1.165, 1.54) is 43.3 Å². The molecule has 0 bridgehead atoms. The molecule has 0 amide bonds. The lowest BCUT2D eigenvalue weighted by atomic mass is 9.90. The molecule has 0 saturated carbocycles. The summed E-state index contributed by atoms with van der Waals surface area (Å²) < 4.78 is 5.38. The van der Waals surface area contributed by atoms with E-state index >= 15 is 0 Å². The third-order valence-electron chi connectivity index (χ3n) is 4.45. The summed E-state index contributed by atoms with van der Waals surface area (Å²) in [6, 6.07) is 0. The van der Waals surface area contributed by atoms with Gasteiger partial charge in [0.05, 0.1) is 16.9 Å². The number of allylic oxidation sites excluding steroid dienone is 3. The van der Waals surface area contributed by atoms with Crippen LogP contribution in [-0.2, 0) is 4.74 Å². The summed E-state index contributed by atoms with van der Waals surface area (Å²) in [7, 11) is 0. The van der Waals surface area contributed by atoms with Crippen LogP contribution >= 0.6 is 11.8 Å². The van der Waals surface area contributed by atoms with E-state index in [2.05, 4.69) is 11.9 Å². The molecule has 1 heterocycles. The van der Waals surface area contributed by atoms with Gasteiger partial charge in [0, 0.05) is 19.0 Å². The molecule has 0 unspecified atom stereocenters. The van der Waals surface area contributed by atoms with Gasteiger partial charge in [-0.05, 0) is 63.9 Å². The van der Waals surface area contributed by atoms with Crippen LogP contribution in [0, 0.1) is 5.92 Å². The van der Waals surface area contributed by atoms with Gasteiger partial charge in [0.25, 0.3) is 0 Å². The number of thioether (sulfide) groups is 1. The van der Waals surface area contributed by atoms with Gasteiger partial charge in [-0.1, -0.05) is 5.57 Å². The highest BCUT2D eigenvalue weighted by Crippen LogP contribution is 2.29. The number of hydrogen-bond acceptors (Lipinski definition) is 4. The third kappa shape index (κ3) is 5.19. The molecular formula is C17H28N2OS. The first-order chi connectivity index (χ1) is 10.2. The molecule has 2 aliphatic rings. The Morgan fingerprint density at radius 3 is 2.76 bits per heavy atom. The van der Waals surface area contributed by atoms with E-state index < -0.39 is 0 Å². The minimum atomic E-state index is 0.778. The average molecular weight is 308 g/mol. The lowest BCUT2D eigenvalue weighted by Crippen LogP contribution is -2.17. The highest BCUT2D eigenvalue weighted by Gasteiger charge is 2.14. The molecule has 1 fully saturated rings. The Balaban J connectivity index is 1.85. The maximum absolute atomic E-state index is 6.29. The zero-order valence-corrected chi connectivity index (χ0v) is 14.2. The van der Waals surface area contributed by atoms with Gasteiger partial charge in [0.2, 0.25) is 0 Å². The number of rotatable bonds is 5. The number of hydrogen-bond donors (Lipinski definition) is 1. The molecule has 0 spiro atoms. The van der Waals surface area contributed by atoms with Crippen molar-refractivity contribution in [2.45, 2.75) is 52.4 Å². The van der Waals surface area contributed by atoms with Crippen LogP contribution in [0.5, 0.6) is 0 Å². The second-order valence-corrected chi connectivity index (χ2v) is 6.97. The molecule has 0 atom stereocenters. The van der Waals surface area contributed by atoms with E-state index in [0.29, 0.717) is 0 Å². The fourth-order valence-electron chi connectivity index (χ4n) is 2.92. The summed E-state index contributed by atoms with van der Waals surface area (Å²) in [6.07, 6.45) is 7.22. The predicted molar refractivity (Wildman–Crippen MR) is 92.5 cm³/mol. The Kier molecular flexibility index (Phi) is 6.84. The Hall–Kier alpha value is -0.740. The van der Waals surface area contributed by atoms with Crippen molar-refractivity contribution in [2.24, 2.45) is 16.6 Å². The Bertz CT molecular complexity index is 434. The van der Waals surface area contributed by atoms with Gasteiger partial charge >= 0.3 is 0 Å². The van der Waals surface area contributed by atoms with E-state index in [-0.39, 0.29) is 0 Å². The molecule has 0 radical (unpaired) electrons. The second-order valence-electron chi connectivity index (χ2n) is 6.09. The van der Waals surface area contributed by atoms with Crippen molar-refractivity contribution in [3.8, 4) is 0 Å². The van der Waals surface area contributed by atoms with Crippen LogP contribution in [0.3, 0.4) is 0 Å². The predicted octanol–water partition coefficient (Wildman–Crippen LogP) is 4.26. The van der Waals surface area contributed by atoms with Crippen molar-refractivity contribution in [3.05, 3.63) is 22.5 Å². The van der Waals surface area contributed by atoms with E-state index in [0.717, 1.165) is 42.7 Å². The zero-order chi connectivity index (χ0) is 15.1. The van der Waals surface area contributed by atoms with Crippen LogP contribution in [-0.4, -0.2) is 24.5 Å². The molecule has 2 N–H and O–H groups in total. The smallest absolute Gasteiger partial charge is 0.0610 e. The molecule has 21 heavy (non-hydrogen) atoms.